The number of benzene rings is 1. The molecule has 0 heterocycles. The van der Waals surface area contributed by atoms with Gasteiger partial charge in [-0.05, 0) is 24.1 Å². The van der Waals surface area contributed by atoms with E-state index in [1.54, 1.807) is 0 Å². The lowest BCUT2D eigenvalue weighted by molar-refractivity contribution is 0.116. The maximum Gasteiger partial charge on any atom is 0.119 e. The molecule has 0 saturated carbocycles. The van der Waals surface area contributed by atoms with Crippen molar-refractivity contribution in [1.82, 2.24) is 0 Å². The molecule has 1 rings (SSSR count). The van der Waals surface area contributed by atoms with Crippen LogP contribution in [0.1, 0.15) is 38.2 Å². The average Bonchev–Trinajstić information content (AvgIpc) is 2.42. The second-order valence-electron chi connectivity index (χ2n) is 4.37. The molecule has 0 unspecified atom stereocenters. The number of rotatable bonds is 10. The van der Waals surface area contributed by atoms with Gasteiger partial charge in [0.2, 0.25) is 0 Å². The van der Waals surface area contributed by atoms with Crippen LogP contribution in [0.2, 0.25) is 0 Å². The van der Waals surface area contributed by atoms with E-state index in [0.29, 0.717) is 13.2 Å². The molecule has 3 nitrogen and oxygen atoms in total. The molecule has 0 spiro atoms. The van der Waals surface area contributed by atoms with Crippen LogP contribution in [0.15, 0.2) is 24.3 Å². The molecule has 0 saturated heterocycles. The van der Waals surface area contributed by atoms with Gasteiger partial charge in [-0.25, -0.2) is 0 Å². The fourth-order valence-electron chi connectivity index (χ4n) is 1.63. The zero-order valence-electron chi connectivity index (χ0n) is 11.4. The van der Waals surface area contributed by atoms with Crippen molar-refractivity contribution in [2.75, 3.05) is 19.8 Å². The third-order valence-electron chi connectivity index (χ3n) is 2.75. The summed E-state index contributed by atoms with van der Waals surface area (Å²) in [5, 5.41) is 0. The smallest absolute Gasteiger partial charge is 0.119 e. The van der Waals surface area contributed by atoms with E-state index in [-0.39, 0.29) is 0 Å². The summed E-state index contributed by atoms with van der Waals surface area (Å²) < 4.78 is 11.1. The van der Waals surface area contributed by atoms with Gasteiger partial charge in [-0.2, -0.15) is 0 Å². The zero-order chi connectivity index (χ0) is 13.1. The molecule has 18 heavy (non-hydrogen) atoms. The first-order valence-electron chi connectivity index (χ1n) is 6.86. The normalized spacial score (nSPS) is 10.6. The minimum Gasteiger partial charge on any atom is -0.494 e. The molecule has 0 fully saturated rings. The molecule has 0 aliphatic rings. The summed E-state index contributed by atoms with van der Waals surface area (Å²) in [5.74, 6) is 0.901. The van der Waals surface area contributed by atoms with Gasteiger partial charge in [0.15, 0.2) is 0 Å². The van der Waals surface area contributed by atoms with Gasteiger partial charge in [-0.15, -0.1) is 0 Å². The van der Waals surface area contributed by atoms with E-state index >= 15 is 0 Å². The summed E-state index contributed by atoms with van der Waals surface area (Å²) >= 11 is 0. The van der Waals surface area contributed by atoms with Crippen LogP contribution in [0.5, 0.6) is 5.75 Å². The molecule has 3 heteroatoms. The number of nitrogens with two attached hydrogens (primary N) is 1. The molecule has 1 aromatic rings. The third-order valence-corrected chi connectivity index (χ3v) is 2.75. The Hall–Kier alpha value is -1.06. The number of hydrogen-bond acceptors (Lipinski definition) is 3. The molecule has 0 atom stereocenters. The van der Waals surface area contributed by atoms with E-state index in [1.165, 1.54) is 12.8 Å². The molecule has 0 aromatic heterocycles. The molecule has 1 aromatic carbocycles. The van der Waals surface area contributed by atoms with Gasteiger partial charge in [0.1, 0.15) is 5.75 Å². The Kier molecular flexibility index (Phi) is 8.26. The molecule has 2 N–H and O–H groups in total. The molecule has 0 aliphatic carbocycles. The Bertz CT molecular complexity index is 298. The van der Waals surface area contributed by atoms with Crippen LogP contribution in [0, 0.1) is 0 Å². The molecule has 0 amide bonds. The Labute approximate surface area is 110 Å². The fourth-order valence-corrected chi connectivity index (χ4v) is 1.63. The van der Waals surface area contributed by atoms with Gasteiger partial charge >= 0.3 is 0 Å². The van der Waals surface area contributed by atoms with Gasteiger partial charge in [-0.3, -0.25) is 0 Å². The summed E-state index contributed by atoms with van der Waals surface area (Å²) in [4.78, 5) is 0. The van der Waals surface area contributed by atoms with Crippen LogP contribution in [0.25, 0.3) is 0 Å². The highest BCUT2D eigenvalue weighted by Gasteiger charge is 1.95. The summed E-state index contributed by atoms with van der Waals surface area (Å²) in [7, 11) is 0. The first kappa shape index (κ1) is 15.0. The molecule has 0 aliphatic heterocycles. The number of unbranched alkanes of at least 4 members (excludes halogenated alkanes) is 2. The van der Waals surface area contributed by atoms with Crippen molar-refractivity contribution in [1.29, 1.82) is 0 Å². The molecule has 0 radical (unpaired) electrons. The summed E-state index contributed by atoms with van der Waals surface area (Å²) in [5.41, 5.74) is 6.66. The van der Waals surface area contributed by atoms with Crippen LogP contribution in [0.4, 0.5) is 0 Å². The fraction of sp³-hybridized carbons (Fsp3) is 0.600. The minimum atomic E-state index is 0.575. The van der Waals surface area contributed by atoms with Gasteiger partial charge < -0.3 is 15.2 Å². The molecule has 0 bridgehead atoms. The summed E-state index contributed by atoms with van der Waals surface area (Å²) in [6.07, 6.45) is 4.60. The zero-order valence-corrected chi connectivity index (χ0v) is 11.4. The van der Waals surface area contributed by atoms with Crippen LogP contribution in [0.3, 0.4) is 0 Å². The van der Waals surface area contributed by atoms with Gasteiger partial charge in [-0.1, -0.05) is 31.9 Å². The first-order valence-corrected chi connectivity index (χ1v) is 6.86. The lowest BCUT2D eigenvalue weighted by Crippen LogP contribution is -2.04. The van der Waals surface area contributed by atoms with Crippen molar-refractivity contribution >= 4 is 0 Å². The third kappa shape index (κ3) is 6.62. The quantitative estimate of drug-likeness (QED) is 0.650. The molecular formula is C15H25NO2. The summed E-state index contributed by atoms with van der Waals surface area (Å²) in [6.45, 7) is 5.13. The second kappa shape index (κ2) is 9.92. The highest BCUT2D eigenvalue weighted by molar-refractivity contribution is 5.26. The van der Waals surface area contributed by atoms with Crippen molar-refractivity contribution in [3.8, 4) is 5.75 Å². The molecule has 102 valence electrons. The van der Waals surface area contributed by atoms with Gasteiger partial charge in [0.25, 0.3) is 0 Å². The van der Waals surface area contributed by atoms with E-state index in [4.69, 9.17) is 15.2 Å². The van der Waals surface area contributed by atoms with Gasteiger partial charge in [0.05, 0.1) is 6.61 Å². The van der Waals surface area contributed by atoms with Crippen molar-refractivity contribution in [3.63, 3.8) is 0 Å². The van der Waals surface area contributed by atoms with E-state index in [9.17, 15) is 0 Å². The molecular weight excluding hydrogens is 226 g/mol. The summed E-state index contributed by atoms with van der Waals surface area (Å²) in [6, 6.07) is 7.92. The number of ether oxygens (including phenoxy) is 2. The predicted octanol–water partition coefficient (Wildman–Crippen LogP) is 3.12. The Balaban J connectivity index is 2.00. The topological polar surface area (TPSA) is 44.5 Å². The van der Waals surface area contributed by atoms with Crippen molar-refractivity contribution in [2.45, 2.75) is 39.2 Å². The maximum absolute atomic E-state index is 5.61. The van der Waals surface area contributed by atoms with Crippen molar-refractivity contribution < 1.29 is 9.47 Å². The van der Waals surface area contributed by atoms with Crippen LogP contribution in [-0.4, -0.2) is 19.8 Å². The van der Waals surface area contributed by atoms with Crippen LogP contribution < -0.4 is 10.5 Å². The SMILES string of the molecule is CCCCCOCCCOc1ccc(CN)cc1. The minimum absolute atomic E-state index is 0.575. The lowest BCUT2D eigenvalue weighted by atomic mass is 10.2. The van der Waals surface area contributed by atoms with Crippen LogP contribution >= 0.6 is 0 Å². The van der Waals surface area contributed by atoms with E-state index < -0.39 is 0 Å². The van der Waals surface area contributed by atoms with Crippen LogP contribution in [-0.2, 0) is 11.3 Å². The Morgan fingerprint density at radius 3 is 2.33 bits per heavy atom. The second-order valence-corrected chi connectivity index (χ2v) is 4.37. The maximum atomic E-state index is 5.61. The first-order chi connectivity index (χ1) is 8.86. The standard InChI is InChI=1S/C15H25NO2/c1-2-3-4-10-17-11-5-12-18-15-8-6-14(13-16)7-9-15/h6-9H,2-5,10-13,16H2,1H3. The monoisotopic (exact) mass is 251 g/mol. The van der Waals surface area contributed by atoms with Crippen molar-refractivity contribution in [2.24, 2.45) is 5.73 Å². The number of hydrogen-bond donors (Lipinski definition) is 1. The lowest BCUT2D eigenvalue weighted by Gasteiger charge is -2.07. The van der Waals surface area contributed by atoms with E-state index in [2.05, 4.69) is 6.92 Å². The van der Waals surface area contributed by atoms with E-state index in [0.717, 1.165) is 37.4 Å². The van der Waals surface area contributed by atoms with E-state index in [1.807, 2.05) is 24.3 Å². The highest BCUT2D eigenvalue weighted by Crippen LogP contribution is 2.11. The van der Waals surface area contributed by atoms with Crippen molar-refractivity contribution in [3.05, 3.63) is 29.8 Å². The van der Waals surface area contributed by atoms with Gasteiger partial charge in [0, 0.05) is 26.2 Å². The Morgan fingerprint density at radius 1 is 0.944 bits per heavy atom. The highest BCUT2D eigenvalue weighted by atomic mass is 16.5. The average molecular weight is 251 g/mol. The Morgan fingerprint density at radius 2 is 1.67 bits per heavy atom. The largest absolute Gasteiger partial charge is 0.494 e. The predicted molar refractivity (Wildman–Crippen MR) is 74.8 cm³/mol.